The van der Waals surface area contributed by atoms with Gasteiger partial charge in [-0.25, -0.2) is 0 Å². The smallest absolute Gasteiger partial charge is 0.306 e. The van der Waals surface area contributed by atoms with E-state index < -0.39 is 0 Å². The van der Waals surface area contributed by atoms with Crippen LogP contribution in [0.5, 0.6) is 5.75 Å². The number of esters is 1. The lowest BCUT2D eigenvalue weighted by atomic mass is 9.78. The monoisotopic (exact) mass is 404 g/mol. The van der Waals surface area contributed by atoms with Crippen LogP contribution < -0.4 is 0 Å². The van der Waals surface area contributed by atoms with E-state index in [1.54, 1.807) is 0 Å². The second-order valence-corrected chi connectivity index (χ2v) is 10.9. The molecule has 0 saturated heterocycles. The van der Waals surface area contributed by atoms with Crippen LogP contribution in [0.25, 0.3) is 0 Å². The van der Waals surface area contributed by atoms with Gasteiger partial charge in [0.05, 0.1) is 6.61 Å². The van der Waals surface area contributed by atoms with E-state index in [9.17, 15) is 9.90 Å². The van der Waals surface area contributed by atoms with E-state index in [4.69, 9.17) is 4.74 Å². The first-order chi connectivity index (χ1) is 13.2. The normalized spacial score (nSPS) is 12.9. The van der Waals surface area contributed by atoms with Gasteiger partial charge in [-0.15, -0.1) is 0 Å². The van der Waals surface area contributed by atoms with Gasteiger partial charge >= 0.3 is 5.97 Å². The quantitative estimate of drug-likeness (QED) is 0.353. The largest absolute Gasteiger partial charge is 0.507 e. The molecular formula is C26H44O3. The molecule has 0 bridgehead atoms. The highest BCUT2D eigenvalue weighted by Crippen LogP contribution is 2.40. The number of phenolic OH excluding ortho intramolecular Hbond substituents is 1. The number of hydrogen-bond acceptors (Lipinski definition) is 3. The number of aromatic hydroxyl groups is 1. The van der Waals surface area contributed by atoms with Crippen molar-refractivity contribution in [3.8, 4) is 5.75 Å². The molecule has 0 aromatic heterocycles. The molecule has 3 nitrogen and oxygen atoms in total. The molecule has 0 spiro atoms. The van der Waals surface area contributed by atoms with E-state index in [2.05, 4.69) is 62.3 Å². The summed E-state index contributed by atoms with van der Waals surface area (Å²) in [7, 11) is 0. The second-order valence-electron chi connectivity index (χ2n) is 10.9. The van der Waals surface area contributed by atoms with E-state index >= 15 is 0 Å². The van der Waals surface area contributed by atoms with Gasteiger partial charge in [0.25, 0.3) is 0 Å². The minimum atomic E-state index is -0.161. The number of aryl methyl sites for hydroxylation is 1. The van der Waals surface area contributed by atoms with Gasteiger partial charge in [-0.3, -0.25) is 4.79 Å². The van der Waals surface area contributed by atoms with Gasteiger partial charge in [-0.05, 0) is 52.2 Å². The molecule has 0 aliphatic rings. The van der Waals surface area contributed by atoms with E-state index in [0.717, 1.165) is 42.4 Å². The molecular weight excluding hydrogens is 360 g/mol. The lowest BCUT2D eigenvalue weighted by Gasteiger charge is -2.28. The highest BCUT2D eigenvalue weighted by atomic mass is 16.5. The Morgan fingerprint density at radius 2 is 1.41 bits per heavy atom. The summed E-state index contributed by atoms with van der Waals surface area (Å²) in [5.41, 5.74) is 2.99. The van der Waals surface area contributed by atoms with Gasteiger partial charge in [-0.2, -0.15) is 0 Å². The first kappa shape index (κ1) is 25.5. The zero-order chi connectivity index (χ0) is 22.5. The van der Waals surface area contributed by atoms with Crippen LogP contribution in [0.2, 0.25) is 0 Å². The minimum absolute atomic E-state index is 0.137. The summed E-state index contributed by atoms with van der Waals surface area (Å²) >= 11 is 0. The molecule has 1 N–H and O–H groups in total. The van der Waals surface area contributed by atoms with Crippen LogP contribution in [-0.4, -0.2) is 17.7 Å². The molecule has 0 radical (unpaired) electrons. The summed E-state index contributed by atoms with van der Waals surface area (Å²) in [6.07, 6.45) is 5.33. The van der Waals surface area contributed by atoms with Crippen LogP contribution in [-0.2, 0) is 26.8 Å². The molecule has 0 aliphatic carbocycles. The average Bonchev–Trinajstić information content (AvgIpc) is 2.62. The summed E-state index contributed by atoms with van der Waals surface area (Å²) in [5, 5.41) is 10.8. The molecule has 0 aliphatic heterocycles. The fraction of sp³-hybridized carbons (Fsp3) is 0.731. The van der Waals surface area contributed by atoms with Crippen molar-refractivity contribution in [2.45, 2.75) is 112 Å². The Kier molecular flexibility index (Phi) is 8.80. The topological polar surface area (TPSA) is 46.5 Å². The maximum Gasteiger partial charge on any atom is 0.306 e. The van der Waals surface area contributed by atoms with Crippen LogP contribution in [0.15, 0.2) is 12.1 Å². The number of benzene rings is 1. The van der Waals surface area contributed by atoms with Gasteiger partial charge in [0, 0.05) is 6.42 Å². The van der Waals surface area contributed by atoms with Crippen LogP contribution in [0.4, 0.5) is 0 Å². The average molecular weight is 405 g/mol. The number of carbonyl (C=O) groups is 1. The molecule has 166 valence electrons. The van der Waals surface area contributed by atoms with Crippen molar-refractivity contribution in [2.75, 3.05) is 6.61 Å². The van der Waals surface area contributed by atoms with Crippen LogP contribution in [0.1, 0.15) is 111 Å². The fourth-order valence-electron chi connectivity index (χ4n) is 3.59. The second kappa shape index (κ2) is 10.00. The Morgan fingerprint density at radius 1 is 0.931 bits per heavy atom. The molecule has 1 aromatic carbocycles. The van der Waals surface area contributed by atoms with Gasteiger partial charge in [0.15, 0.2) is 0 Å². The Labute approximate surface area is 179 Å². The van der Waals surface area contributed by atoms with Gasteiger partial charge in [0.2, 0.25) is 0 Å². The summed E-state index contributed by atoms with van der Waals surface area (Å²) in [5.74, 6) is 0.244. The van der Waals surface area contributed by atoms with Crippen molar-refractivity contribution < 1.29 is 14.6 Å². The summed E-state index contributed by atoms with van der Waals surface area (Å²) in [6, 6.07) is 4.09. The number of phenols is 1. The van der Waals surface area contributed by atoms with E-state index in [1.165, 1.54) is 0 Å². The van der Waals surface area contributed by atoms with Crippen molar-refractivity contribution in [3.63, 3.8) is 0 Å². The SMILES string of the molecule is CCC(C)(CC)CCCOC(=O)CCc1cc(C(C)(C)C)c(O)c(C(C)(C)C)c1. The van der Waals surface area contributed by atoms with Gasteiger partial charge in [-0.1, -0.05) is 87.3 Å². The lowest BCUT2D eigenvalue weighted by Crippen LogP contribution is -2.18. The maximum atomic E-state index is 12.2. The van der Waals surface area contributed by atoms with Gasteiger partial charge in [0.1, 0.15) is 5.75 Å². The lowest BCUT2D eigenvalue weighted by molar-refractivity contribution is -0.143. The molecule has 0 heterocycles. The predicted octanol–water partition coefficient (Wildman–Crippen LogP) is 7.07. The van der Waals surface area contributed by atoms with Crippen molar-refractivity contribution in [1.29, 1.82) is 0 Å². The Bertz CT molecular complexity index is 635. The van der Waals surface area contributed by atoms with Crippen molar-refractivity contribution >= 4 is 5.97 Å². The summed E-state index contributed by atoms with van der Waals surface area (Å²) in [6.45, 7) is 19.9. The molecule has 0 atom stereocenters. The molecule has 1 rings (SSSR count). The summed E-state index contributed by atoms with van der Waals surface area (Å²) in [4.78, 5) is 12.2. The molecule has 29 heavy (non-hydrogen) atoms. The molecule has 0 unspecified atom stereocenters. The number of ether oxygens (including phenoxy) is 1. The maximum absolute atomic E-state index is 12.2. The predicted molar refractivity (Wildman–Crippen MR) is 123 cm³/mol. The Hall–Kier alpha value is -1.51. The number of rotatable bonds is 9. The molecule has 0 amide bonds. The van der Waals surface area contributed by atoms with Crippen LogP contribution >= 0.6 is 0 Å². The Morgan fingerprint density at radius 3 is 1.83 bits per heavy atom. The third-order valence-corrected chi connectivity index (χ3v) is 6.30. The van der Waals surface area contributed by atoms with E-state index in [0.29, 0.717) is 30.6 Å². The van der Waals surface area contributed by atoms with Crippen LogP contribution in [0.3, 0.4) is 0 Å². The van der Waals surface area contributed by atoms with E-state index in [-0.39, 0.29) is 16.8 Å². The highest BCUT2D eigenvalue weighted by molar-refractivity contribution is 5.69. The first-order valence-corrected chi connectivity index (χ1v) is 11.3. The van der Waals surface area contributed by atoms with Crippen LogP contribution in [0, 0.1) is 5.41 Å². The third-order valence-electron chi connectivity index (χ3n) is 6.30. The molecule has 1 aromatic rings. The molecule has 0 saturated carbocycles. The summed E-state index contributed by atoms with van der Waals surface area (Å²) < 4.78 is 5.48. The minimum Gasteiger partial charge on any atom is -0.507 e. The van der Waals surface area contributed by atoms with Crippen molar-refractivity contribution in [2.24, 2.45) is 5.41 Å². The third kappa shape index (κ3) is 7.68. The first-order valence-electron chi connectivity index (χ1n) is 11.3. The standard InChI is InChI=1S/C26H44O3/c1-10-26(9,11-2)15-12-16-29-22(27)14-13-19-17-20(24(3,4)5)23(28)21(18-19)25(6,7)8/h17-18,28H,10-16H2,1-9H3. The molecule has 0 fully saturated rings. The zero-order valence-electron chi connectivity index (χ0n) is 20.4. The Balaban J connectivity index is 2.75. The van der Waals surface area contributed by atoms with E-state index in [1.807, 2.05) is 12.1 Å². The highest BCUT2D eigenvalue weighted by Gasteiger charge is 2.26. The van der Waals surface area contributed by atoms with Crippen molar-refractivity contribution in [1.82, 2.24) is 0 Å². The van der Waals surface area contributed by atoms with Gasteiger partial charge < -0.3 is 9.84 Å². The van der Waals surface area contributed by atoms with Crippen molar-refractivity contribution in [3.05, 3.63) is 28.8 Å². The number of hydrogen-bond donors (Lipinski definition) is 1. The number of carbonyl (C=O) groups excluding carboxylic acids is 1. The molecule has 3 heteroatoms. The zero-order valence-corrected chi connectivity index (χ0v) is 20.4. The fourth-order valence-corrected chi connectivity index (χ4v) is 3.59.